The SMILES string of the molecule is O=C(C=C[N+](=O)[O-])c1ccc([N+](=O)[O-])cc1. The molecule has 0 aliphatic rings. The zero-order chi connectivity index (χ0) is 12.1. The number of allylic oxidation sites excluding steroid dienone is 1. The molecule has 7 nitrogen and oxygen atoms in total. The fourth-order valence-electron chi connectivity index (χ4n) is 0.972. The highest BCUT2D eigenvalue weighted by Crippen LogP contribution is 2.12. The molecule has 0 atom stereocenters. The van der Waals surface area contributed by atoms with Crippen molar-refractivity contribution in [3.63, 3.8) is 0 Å². The molecule has 1 aromatic rings. The van der Waals surface area contributed by atoms with E-state index in [1.165, 1.54) is 12.1 Å². The van der Waals surface area contributed by atoms with E-state index in [0.29, 0.717) is 6.20 Å². The van der Waals surface area contributed by atoms with Gasteiger partial charge in [0, 0.05) is 17.7 Å². The molecule has 0 saturated heterocycles. The number of hydrogen-bond donors (Lipinski definition) is 0. The Morgan fingerprint density at radius 3 is 2.12 bits per heavy atom. The zero-order valence-corrected chi connectivity index (χ0v) is 7.90. The summed E-state index contributed by atoms with van der Waals surface area (Å²) >= 11 is 0. The zero-order valence-electron chi connectivity index (χ0n) is 7.90. The molecule has 7 heteroatoms. The van der Waals surface area contributed by atoms with Crippen LogP contribution in [0.4, 0.5) is 5.69 Å². The van der Waals surface area contributed by atoms with Crippen LogP contribution in [0.15, 0.2) is 36.5 Å². The van der Waals surface area contributed by atoms with E-state index in [4.69, 9.17) is 0 Å². The Morgan fingerprint density at radius 1 is 1.12 bits per heavy atom. The van der Waals surface area contributed by atoms with Crippen molar-refractivity contribution >= 4 is 11.5 Å². The van der Waals surface area contributed by atoms with Crippen molar-refractivity contribution in [1.29, 1.82) is 0 Å². The molecule has 0 amide bonds. The van der Waals surface area contributed by atoms with Crippen molar-refractivity contribution in [2.24, 2.45) is 0 Å². The van der Waals surface area contributed by atoms with E-state index in [0.717, 1.165) is 18.2 Å². The molecule has 0 radical (unpaired) electrons. The molecule has 0 spiro atoms. The Bertz CT molecular complexity index is 463. The van der Waals surface area contributed by atoms with E-state index in [1.54, 1.807) is 0 Å². The summed E-state index contributed by atoms with van der Waals surface area (Å²) in [6.45, 7) is 0. The number of non-ortho nitro benzene ring substituents is 1. The number of nitro groups is 2. The maximum absolute atomic E-state index is 11.3. The van der Waals surface area contributed by atoms with Crippen LogP contribution in [0.3, 0.4) is 0 Å². The molecule has 0 N–H and O–H groups in total. The second-order valence-corrected chi connectivity index (χ2v) is 2.77. The molecule has 82 valence electrons. The Hall–Kier alpha value is -2.57. The second kappa shape index (κ2) is 4.78. The monoisotopic (exact) mass is 222 g/mol. The van der Waals surface area contributed by atoms with Crippen molar-refractivity contribution in [2.75, 3.05) is 0 Å². The average Bonchev–Trinajstić information content (AvgIpc) is 2.26. The van der Waals surface area contributed by atoms with Gasteiger partial charge < -0.3 is 0 Å². The van der Waals surface area contributed by atoms with Gasteiger partial charge in [0.15, 0.2) is 5.78 Å². The van der Waals surface area contributed by atoms with E-state index >= 15 is 0 Å². The molecule has 0 aromatic heterocycles. The summed E-state index contributed by atoms with van der Waals surface area (Å²) in [5, 5.41) is 20.3. The quantitative estimate of drug-likeness (QED) is 0.333. The van der Waals surface area contributed by atoms with Crippen molar-refractivity contribution in [2.45, 2.75) is 0 Å². The Kier molecular flexibility index (Phi) is 3.44. The van der Waals surface area contributed by atoms with Gasteiger partial charge in [-0.1, -0.05) is 0 Å². The number of nitro benzene ring substituents is 1. The van der Waals surface area contributed by atoms with Gasteiger partial charge in [-0.2, -0.15) is 0 Å². The van der Waals surface area contributed by atoms with Crippen LogP contribution < -0.4 is 0 Å². The molecule has 16 heavy (non-hydrogen) atoms. The molecule has 1 aromatic carbocycles. The molecule has 1 rings (SSSR count). The minimum absolute atomic E-state index is 0.144. The summed E-state index contributed by atoms with van der Waals surface area (Å²) in [7, 11) is 0. The third-order valence-electron chi connectivity index (χ3n) is 1.71. The van der Waals surface area contributed by atoms with E-state index in [2.05, 4.69) is 0 Å². The summed E-state index contributed by atoms with van der Waals surface area (Å²) in [5.41, 5.74) is 0.0125. The lowest BCUT2D eigenvalue weighted by Gasteiger charge is -1.94. The lowest BCUT2D eigenvalue weighted by Crippen LogP contribution is -1.96. The first-order chi connectivity index (χ1) is 7.50. The van der Waals surface area contributed by atoms with Crippen LogP contribution in [-0.4, -0.2) is 15.6 Å². The fraction of sp³-hybridized carbons (Fsp3) is 0. The molecule has 0 bridgehead atoms. The van der Waals surface area contributed by atoms with Crippen LogP contribution in [0.1, 0.15) is 10.4 Å². The Labute approximate surface area is 89.3 Å². The van der Waals surface area contributed by atoms with Gasteiger partial charge in [0.25, 0.3) is 5.69 Å². The largest absolute Gasteiger partial charge is 0.289 e. The van der Waals surface area contributed by atoms with Gasteiger partial charge >= 0.3 is 0 Å². The molecule has 0 heterocycles. The number of hydrogen-bond acceptors (Lipinski definition) is 5. The van der Waals surface area contributed by atoms with Crippen molar-refractivity contribution in [3.8, 4) is 0 Å². The molecule has 0 aliphatic heterocycles. The molecule has 0 saturated carbocycles. The number of ketones is 1. The normalized spacial score (nSPS) is 10.2. The molecular formula is C9H6N2O5. The fourth-order valence-corrected chi connectivity index (χ4v) is 0.972. The van der Waals surface area contributed by atoms with Crippen molar-refractivity contribution in [1.82, 2.24) is 0 Å². The lowest BCUT2D eigenvalue weighted by molar-refractivity contribution is -0.402. The van der Waals surface area contributed by atoms with E-state index in [-0.39, 0.29) is 11.3 Å². The van der Waals surface area contributed by atoms with Crippen LogP contribution in [0, 0.1) is 20.2 Å². The lowest BCUT2D eigenvalue weighted by atomic mass is 10.1. The first-order valence-corrected chi connectivity index (χ1v) is 4.11. The Balaban J connectivity index is 2.86. The third kappa shape index (κ3) is 2.98. The first-order valence-electron chi connectivity index (χ1n) is 4.11. The minimum Gasteiger partial charge on any atom is -0.289 e. The maximum Gasteiger partial charge on any atom is 0.269 e. The van der Waals surface area contributed by atoms with E-state index in [9.17, 15) is 25.0 Å². The van der Waals surface area contributed by atoms with Gasteiger partial charge in [-0.3, -0.25) is 25.0 Å². The number of rotatable bonds is 4. The Morgan fingerprint density at radius 2 is 1.69 bits per heavy atom. The maximum atomic E-state index is 11.3. The van der Waals surface area contributed by atoms with Gasteiger partial charge in [0.1, 0.15) is 0 Å². The van der Waals surface area contributed by atoms with Crippen LogP contribution >= 0.6 is 0 Å². The van der Waals surface area contributed by atoms with Gasteiger partial charge in [-0.25, -0.2) is 0 Å². The summed E-state index contributed by atoms with van der Waals surface area (Å²) in [5.74, 6) is -0.577. The summed E-state index contributed by atoms with van der Waals surface area (Å²) in [6.07, 6.45) is 1.31. The highest BCUT2D eigenvalue weighted by Gasteiger charge is 2.07. The molecule has 0 aliphatic carbocycles. The third-order valence-corrected chi connectivity index (χ3v) is 1.71. The van der Waals surface area contributed by atoms with E-state index in [1.807, 2.05) is 0 Å². The number of benzene rings is 1. The van der Waals surface area contributed by atoms with Crippen LogP contribution in [-0.2, 0) is 0 Å². The highest BCUT2D eigenvalue weighted by atomic mass is 16.6. The second-order valence-electron chi connectivity index (χ2n) is 2.77. The number of carbonyl (C=O) groups excluding carboxylic acids is 1. The van der Waals surface area contributed by atoms with Crippen molar-refractivity contribution < 1.29 is 14.6 Å². The predicted molar refractivity (Wildman–Crippen MR) is 53.6 cm³/mol. The van der Waals surface area contributed by atoms with E-state index < -0.39 is 15.6 Å². The number of nitrogens with zero attached hydrogens (tertiary/aromatic N) is 2. The summed E-state index contributed by atoms with van der Waals surface area (Å²) < 4.78 is 0. The number of carbonyl (C=O) groups is 1. The minimum atomic E-state index is -0.761. The van der Waals surface area contributed by atoms with Crippen LogP contribution in [0.5, 0.6) is 0 Å². The van der Waals surface area contributed by atoms with Gasteiger partial charge in [-0.15, -0.1) is 0 Å². The van der Waals surface area contributed by atoms with Crippen LogP contribution in [0.2, 0.25) is 0 Å². The first kappa shape index (κ1) is 11.5. The van der Waals surface area contributed by atoms with Crippen LogP contribution in [0.25, 0.3) is 0 Å². The van der Waals surface area contributed by atoms with Gasteiger partial charge in [0.05, 0.1) is 15.9 Å². The van der Waals surface area contributed by atoms with Gasteiger partial charge in [0.2, 0.25) is 6.20 Å². The summed E-state index contributed by atoms with van der Waals surface area (Å²) in [6, 6.07) is 4.80. The molecule has 0 unspecified atom stereocenters. The van der Waals surface area contributed by atoms with Crippen molar-refractivity contribution in [3.05, 3.63) is 62.3 Å². The molecular weight excluding hydrogens is 216 g/mol. The molecule has 0 fully saturated rings. The highest BCUT2D eigenvalue weighted by molar-refractivity contribution is 6.04. The average molecular weight is 222 g/mol. The summed E-state index contributed by atoms with van der Waals surface area (Å²) in [4.78, 5) is 30.2. The predicted octanol–water partition coefficient (Wildman–Crippen LogP) is 1.57. The smallest absolute Gasteiger partial charge is 0.269 e. The standard InChI is InChI=1S/C9H6N2O5/c12-9(5-6-10(13)14)7-1-3-8(4-2-7)11(15)16/h1-6H. The topological polar surface area (TPSA) is 103 Å². The van der Waals surface area contributed by atoms with Gasteiger partial charge in [-0.05, 0) is 12.1 Å².